The monoisotopic (exact) mass is 274 g/mol. The fourth-order valence-electron chi connectivity index (χ4n) is 2.01. The topological polar surface area (TPSA) is 83.6 Å². The summed E-state index contributed by atoms with van der Waals surface area (Å²) in [4.78, 5) is 24.6. The van der Waals surface area contributed by atoms with Crippen LogP contribution in [0.1, 0.15) is 13.8 Å². The van der Waals surface area contributed by atoms with E-state index in [0.717, 1.165) is 9.99 Å². The number of nitrogens with two attached hydrogens (primary N) is 1. The molecule has 0 spiro atoms. The highest BCUT2D eigenvalue weighted by Crippen LogP contribution is 2.53. The summed E-state index contributed by atoms with van der Waals surface area (Å²) in [5.41, 5.74) is 5.61. The van der Waals surface area contributed by atoms with Crippen LogP contribution in [0.5, 0.6) is 0 Å². The summed E-state index contributed by atoms with van der Waals surface area (Å²) in [7, 11) is 0. The van der Waals surface area contributed by atoms with E-state index >= 15 is 0 Å². The molecule has 0 bridgehead atoms. The zero-order chi connectivity index (χ0) is 12.7. The number of β-lactam (4-membered cyclic amide) rings is 1. The van der Waals surface area contributed by atoms with E-state index in [1.54, 1.807) is 6.92 Å². The molecule has 2 aliphatic rings. The maximum absolute atomic E-state index is 11.9. The third-order valence-electron chi connectivity index (χ3n) is 2.77. The van der Waals surface area contributed by atoms with Gasteiger partial charge in [-0.25, -0.2) is 0 Å². The SMILES string of the molecule is CCSC1=C(C(N)=O)N2C(=O)[C@H](C(C)O)[C@H]2S1. The molecule has 0 aromatic carbocycles. The number of aliphatic hydroxyl groups is 1. The van der Waals surface area contributed by atoms with Gasteiger partial charge in [0, 0.05) is 0 Å². The van der Waals surface area contributed by atoms with Gasteiger partial charge in [-0.2, -0.15) is 0 Å². The molecule has 2 heterocycles. The Morgan fingerprint density at radius 2 is 2.35 bits per heavy atom. The van der Waals surface area contributed by atoms with Crippen molar-refractivity contribution in [2.75, 3.05) is 5.75 Å². The van der Waals surface area contributed by atoms with Gasteiger partial charge in [-0.3, -0.25) is 14.5 Å². The predicted molar refractivity (Wildman–Crippen MR) is 67.7 cm³/mol. The molecular weight excluding hydrogens is 260 g/mol. The van der Waals surface area contributed by atoms with Gasteiger partial charge in [-0.1, -0.05) is 18.7 Å². The van der Waals surface area contributed by atoms with Crippen molar-refractivity contribution in [3.8, 4) is 0 Å². The molecule has 0 aliphatic carbocycles. The number of primary amides is 1. The molecule has 2 amide bonds. The Hall–Kier alpha value is -0.660. The van der Waals surface area contributed by atoms with Crippen molar-refractivity contribution in [2.45, 2.75) is 25.3 Å². The minimum absolute atomic E-state index is 0.168. The van der Waals surface area contributed by atoms with E-state index in [1.807, 2.05) is 6.92 Å². The van der Waals surface area contributed by atoms with Gasteiger partial charge in [0.15, 0.2) is 0 Å². The lowest BCUT2D eigenvalue weighted by Gasteiger charge is -2.43. The van der Waals surface area contributed by atoms with Gasteiger partial charge in [-0.15, -0.1) is 11.8 Å². The molecule has 0 saturated carbocycles. The summed E-state index contributed by atoms with van der Waals surface area (Å²) in [6.45, 7) is 3.57. The second kappa shape index (κ2) is 4.55. The molecule has 0 radical (unpaired) electrons. The van der Waals surface area contributed by atoms with Crippen molar-refractivity contribution in [3.63, 3.8) is 0 Å². The van der Waals surface area contributed by atoms with Crippen LogP contribution in [0.2, 0.25) is 0 Å². The fraction of sp³-hybridized carbons (Fsp3) is 0.600. The van der Waals surface area contributed by atoms with Crippen LogP contribution in [0, 0.1) is 5.92 Å². The first kappa shape index (κ1) is 12.8. The van der Waals surface area contributed by atoms with Crippen molar-refractivity contribution in [1.29, 1.82) is 0 Å². The first-order valence-corrected chi connectivity index (χ1v) is 7.20. The maximum Gasteiger partial charge on any atom is 0.267 e. The lowest BCUT2D eigenvalue weighted by molar-refractivity contribution is -0.153. The minimum Gasteiger partial charge on any atom is -0.392 e. The van der Waals surface area contributed by atoms with E-state index in [1.165, 1.54) is 28.4 Å². The number of carbonyl (C=O) groups is 2. The number of hydrogen-bond acceptors (Lipinski definition) is 5. The highest BCUT2D eigenvalue weighted by Gasteiger charge is 2.57. The van der Waals surface area contributed by atoms with Gasteiger partial charge in [-0.05, 0) is 12.7 Å². The zero-order valence-electron chi connectivity index (χ0n) is 9.54. The van der Waals surface area contributed by atoms with Crippen LogP contribution in [0.25, 0.3) is 0 Å². The molecule has 2 aliphatic heterocycles. The largest absolute Gasteiger partial charge is 0.392 e. The van der Waals surface area contributed by atoms with Gasteiger partial charge in [0.2, 0.25) is 5.91 Å². The van der Waals surface area contributed by atoms with Crippen LogP contribution < -0.4 is 5.73 Å². The summed E-state index contributed by atoms with van der Waals surface area (Å²) in [5, 5.41) is 9.36. The highest BCUT2D eigenvalue weighted by molar-refractivity contribution is 8.22. The molecular formula is C10H14N2O3S2. The van der Waals surface area contributed by atoms with Gasteiger partial charge >= 0.3 is 0 Å². The molecule has 1 saturated heterocycles. The van der Waals surface area contributed by atoms with Crippen molar-refractivity contribution >= 4 is 35.3 Å². The van der Waals surface area contributed by atoms with Crippen LogP contribution in [0.15, 0.2) is 9.93 Å². The van der Waals surface area contributed by atoms with E-state index in [-0.39, 0.29) is 11.3 Å². The second-order valence-corrected chi connectivity index (χ2v) is 6.58. The second-order valence-electron chi connectivity index (χ2n) is 3.92. The smallest absolute Gasteiger partial charge is 0.267 e. The molecule has 3 N–H and O–H groups in total. The number of hydrogen-bond donors (Lipinski definition) is 2. The van der Waals surface area contributed by atoms with Gasteiger partial charge in [0.1, 0.15) is 11.1 Å². The minimum atomic E-state index is -0.698. The Bertz CT molecular complexity index is 408. The van der Waals surface area contributed by atoms with Crippen molar-refractivity contribution in [2.24, 2.45) is 11.7 Å². The molecule has 2 rings (SSSR count). The molecule has 0 aromatic rings. The molecule has 1 unspecified atom stereocenters. The Morgan fingerprint density at radius 3 is 2.82 bits per heavy atom. The normalized spacial score (nSPS) is 29.1. The summed E-state index contributed by atoms with van der Waals surface area (Å²) in [5.74, 6) is -0.400. The Balaban J connectivity index is 2.26. The van der Waals surface area contributed by atoms with Gasteiger partial charge < -0.3 is 10.8 Å². The lowest BCUT2D eigenvalue weighted by atomic mass is 9.92. The molecule has 0 aromatic heterocycles. The van der Waals surface area contributed by atoms with E-state index in [9.17, 15) is 14.7 Å². The lowest BCUT2D eigenvalue weighted by Crippen LogP contribution is -2.61. The number of amides is 2. The molecule has 5 nitrogen and oxygen atoms in total. The Kier molecular flexibility index (Phi) is 3.42. The highest BCUT2D eigenvalue weighted by atomic mass is 32.2. The van der Waals surface area contributed by atoms with Crippen molar-refractivity contribution in [3.05, 3.63) is 9.93 Å². The third kappa shape index (κ3) is 1.86. The van der Waals surface area contributed by atoms with E-state index in [2.05, 4.69) is 0 Å². The Labute approximate surface area is 108 Å². The fourth-order valence-corrected chi connectivity index (χ4v) is 4.87. The van der Waals surface area contributed by atoms with Crippen LogP contribution >= 0.6 is 23.5 Å². The molecule has 17 heavy (non-hydrogen) atoms. The van der Waals surface area contributed by atoms with Gasteiger partial charge in [0.25, 0.3) is 5.91 Å². The number of carbonyl (C=O) groups excluding carboxylic acids is 2. The first-order valence-electron chi connectivity index (χ1n) is 5.33. The van der Waals surface area contributed by atoms with Crippen LogP contribution in [-0.2, 0) is 9.59 Å². The number of fused-ring (bicyclic) bond motifs is 1. The van der Waals surface area contributed by atoms with Crippen molar-refractivity contribution < 1.29 is 14.7 Å². The molecule has 94 valence electrons. The van der Waals surface area contributed by atoms with Crippen LogP contribution in [0.4, 0.5) is 0 Å². The average Bonchev–Trinajstić information content (AvgIpc) is 2.53. The molecule has 3 atom stereocenters. The standard InChI is InChI=1S/C10H14N2O3S2/c1-3-16-10-6(7(11)14)12-8(15)5(4(2)13)9(12)17-10/h4-5,9,13H,3H2,1-2H3,(H2,11,14)/t4?,5-,9+/m0/s1. The number of nitrogens with zero attached hydrogens (tertiary/aromatic N) is 1. The number of aliphatic hydroxyl groups excluding tert-OH is 1. The summed E-state index contributed by atoms with van der Waals surface area (Å²) < 4.78 is 0.793. The number of rotatable bonds is 4. The van der Waals surface area contributed by atoms with E-state index in [0.29, 0.717) is 5.70 Å². The van der Waals surface area contributed by atoms with Crippen LogP contribution in [-0.4, -0.2) is 39.1 Å². The third-order valence-corrected chi connectivity index (χ3v) is 5.31. The quantitative estimate of drug-likeness (QED) is 0.721. The van der Waals surface area contributed by atoms with Crippen molar-refractivity contribution in [1.82, 2.24) is 4.90 Å². The van der Waals surface area contributed by atoms with Gasteiger partial charge in [0.05, 0.1) is 16.3 Å². The summed E-state index contributed by atoms with van der Waals surface area (Å²) in [6.07, 6.45) is -0.698. The number of thioether (sulfide) groups is 2. The van der Waals surface area contributed by atoms with E-state index in [4.69, 9.17) is 5.73 Å². The molecule has 1 fully saturated rings. The predicted octanol–water partition coefficient (Wildman–Crippen LogP) is 0.306. The summed E-state index contributed by atoms with van der Waals surface area (Å²) in [6, 6.07) is 0. The molecule has 7 heteroatoms. The van der Waals surface area contributed by atoms with E-state index < -0.39 is 17.9 Å². The summed E-state index contributed by atoms with van der Waals surface area (Å²) >= 11 is 2.95. The maximum atomic E-state index is 11.9. The Morgan fingerprint density at radius 1 is 1.71 bits per heavy atom. The first-order chi connectivity index (χ1) is 7.99. The van der Waals surface area contributed by atoms with Crippen LogP contribution in [0.3, 0.4) is 0 Å². The average molecular weight is 274 g/mol. The zero-order valence-corrected chi connectivity index (χ0v) is 11.2.